The van der Waals surface area contributed by atoms with Crippen molar-refractivity contribution < 1.29 is 14.3 Å². The van der Waals surface area contributed by atoms with Crippen LogP contribution in [-0.2, 0) is 6.42 Å². The minimum Gasteiger partial charge on any atom is -0.493 e. The van der Waals surface area contributed by atoms with Crippen molar-refractivity contribution in [2.75, 3.05) is 40.4 Å². The molecular weight excluding hydrogens is 352 g/mol. The molecule has 5 nitrogen and oxygen atoms in total. The topological polar surface area (TPSA) is 50.8 Å². The Labute approximate surface area is 167 Å². The van der Waals surface area contributed by atoms with E-state index in [-0.39, 0.29) is 5.91 Å². The van der Waals surface area contributed by atoms with Gasteiger partial charge in [-0.1, -0.05) is 30.3 Å². The number of rotatable bonds is 8. The molecule has 1 fully saturated rings. The Hall–Kier alpha value is -2.53. The Morgan fingerprint density at radius 1 is 1.04 bits per heavy atom. The van der Waals surface area contributed by atoms with Crippen LogP contribution in [0.5, 0.6) is 11.5 Å². The fraction of sp³-hybridized carbons (Fsp3) is 0.435. The molecule has 1 saturated heterocycles. The molecule has 0 radical (unpaired) electrons. The Balaban J connectivity index is 1.41. The van der Waals surface area contributed by atoms with Gasteiger partial charge in [0.2, 0.25) is 0 Å². The zero-order valence-electron chi connectivity index (χ0n) is 16.8. The molecule has 5 heteroatoms. The Morgan fingerprint density at radius 2 is 1.75 bits per heavy atom. The molecule has 0 aromatic heterocycles. The van der Waals surface area contributed by atoms with Gasteiger partial charge < -0.3 is 19.7 Å². The van der Waals surface area contributed by atoms with Gasteiger partial charge in [0, 0.05) is 18.7 Å². The molecule has 1 heterocycles. The van der Waals surface area contributed by atoms with E-state index in [1.807, 2.05) is 0 Å². The molecule has 1 aliphatic heterocycles. The largest absolute Gasteiger partial charge is 0.493 e. The van der Waals surface area contributed by atoms with E-state index in [1.54, 1.807) is 32.4 Å². The van der Waals surface area contributed by atoms with Crippen molar-refractivity contribution in [3.8, 4) is 11.5 Å². The lowest BCUT2D eigenvalue weighted by Crippen LogP contribution is -2.39. The molecule has 0 bridgehead atoms. The average Bonchev–Trinajstić information content (AvgIpc) is 2.77. The number of carbonyl (C=O) groups excluding carboxylic acids is 1. The number of nitrogens with one attached hydrogen (secondary N) is 1. The lowest BCUT2D eigenvalue weighted by Gasteiger charge is -2.32. The number of carbonyl (C=O) groups is 1. The highest BCUT2D eigenvalue weighted by atomic mass is 16.5. The maximum absolute atomic E-state index is 12.5. The molecule has 0 atom stereocenters. The molecule has 0 unspecified atom stereocenters. The van der Waals surface area contributed by atoms with Crippen molar-refractivity contribution >= 4 is 5.91 Å². The van der Waals surface area contributed by atoms with Crippen LogP contribution in [0.3, 0.4) is 0 Å². The van der Waals surface area contributed by atoms with Gasteiger partial charge in [-0.25, -0.2) is 0 Å². The van der Waals surface area contributed by atoms with Crippen molar-refractivity contribution in [2.45, 2.75) is 19.3 Å². The summed E-state index contributed by atoms with van der Waals surface area (Å²) < 4.78 is 10.5. The number of methoxy groups -OCH3 is 2. The minimum absolute atomic E-state index is 0.0625. The second-order valence-electron chi connectivity index (χ2n) is 7.30. The molecule has 0 aliphatic carbocycles. The van der Waals surface area contributed by atoms with Gasteiger partial charge in [-0.3, -0.25) is 4.79 Å². The van der Waals surface area contributed by atoms with Gasteiger partial charge in [-0.05, 0) is 62.0 Å². The van der Waals surface area contributed by atoms with Gasteiger partial charge in [0.05, 0.1) is 14.2 Å². The SMILES string of the molecule is COc1ccc(C(=O)NCC2CCN(CCc3ccccc3)CC2)cc1OC. The van der Waals surface area contributed by atoms with Crippen LogP contribution < -0.4 is 14.8 Å². The predicted octanol–water partition coefficient (Wildman–Crippen LogP) is 3.39. The van der Waals surface area contributed by atoms with E-state index in [4.69, 9.17) is 9.47 Å². The summed E-state index contributed by atoms with van der Waals surface area (Å²) in [7, 11) is 3.16. The molecule has 1 N–H and O–H groups in total. The fourth-order valence-electron chi connectivity index (χ4n) is 3.66. The molecular formula is C23H30N2O3. The summed E-state index contributed by atoms with van der Waals surface area (Å²) in [6, 6.07) is 15.9. The van der Waals surface area contributed by atoms with E-state index in [0.717, 1.165) is 45.4 Å². The van der Waals surface area contributed by atoms with Crippen molar-refractivity contribution in [1.82, 2.24) is 10.2 Å². The van der Waals surface area contributed by atoms with Crippen LogP contribution in [0, 0.1) is 5.92 Å². The first kappa shape index (κ1) is 20.2. The molecule has 3 rings (SSSR count). The monoisotopic (exact) mass is 382 g/mol. The third-order valence-corrected chi connectivity index (χ3v) is 5.46. The number of hydrogen-bond acceptors (Lipinski definition) is 4. The summed E-state index contributed by atoms with van der Waals surface area (Å²) in [6.07, 6.45) is 3.35. The maximum atomic E-state index is 12.5. The van der Waals surface area contributed by atoms with Crippen LogP contribution in [0.2, 0.25) is 0 Å². The standard InChI is InChI=1S/C23H30N2O3/c1-27-21-9-8-20(16-22(21)28-2)23(26)24-17-19-11-14-25(15-12-19)13-10-18-6-4-3-5-7-18/h3-9,16,19H,10-15,17H2,1-2H3,(H,24,26). The van der Waals surface area contributed by atoms with Gasteiger partial charge in [0.1, 0.15) is 0 Å². The highest BCUT2D eigenvalue weighted by Crippen LogP contribution is 2.27. The first-order chi connectivity index (χ1) is 13.7. The van der Waals surface area contributed by atoms with Crippen LogP contribution in [0.25, 0.3) is 0 Å². The van der Waals surface area contributed by atoms with E-state index in [2.05, 4.69) is 40.5 Å². The molecule has 1 amide bonds. The van der Waals surface area contributed by atoms with Gasteiger partial charge in [0.25, 0.3) is 5.91 Å². The van der Waals surface area contributed by atoms with E-state index in [0.29, 0.717) is 23.0 Å². The van der Waals surface area contributed by atoms with Gasteiger partial charge >= 0.3 is 0 Å². The second kappa shape index (κ2) is 10.1. The molecule has 0 saturated carbocycles. The second-order valence-corrected chi connectivity index (χ2v) is 7.30. The van der Waals surface area contributed by atoms with Crippen molar-refractivity contribution in [1.29, 1.82) is 0 Å². The van der Waals surface area contributed by atoms with E-state index >= 15 is 0 Å². The highest BCUT2D eigenvalue weighted by molar-refractivity contribution is 5.94. The number of piperidine rings is 1. The van der Waals surface area contributed by atoms with Crippen LogP contribution in [0.15, 0.2) is 48.5 Å². The van der Waals surface area contributed by atoms with Gasteiger partial charge in [-0.15, -0.1) is 0 Å². The zero-order valence-corrected chi connectivity index (χ0v) is 16.8. The zero-order chi connectivity index (χ0) is 19.8. The maximum Gasteiger partial charge on any atom is 0.251 e. The number of likely N-dealkylation sites (tertiary alicyclic amines) is 1. The van der Waals surface area contributed by atoms with E-state index in [1.165, 1.54) is 5.56 Å². The van der Waals surface area contributed by atoms with Crippen molar-refractivity contribution in [3.63, 3.8) is 0 Å². The number of ether oxygens (including phenoxy) is 2. The highest BCUT2D eigenvalue weighted by Gasteiger charge is 2.20. The van der Waals surface area contributed by atoms with Crippen LogP contribution >= 0.6 is 0 Å². The third-order valence-electron chi connectivity index (χ3n) is 5.46. The summed E-state index contributed by atoms with van der Waals surface area (Å²) >= 11 is 0. The molecule has 150 valence electrons. The number of amides is 1. The smallest absolute Gasteiger partial charge is 0.251 e. The normalized spacial score (nSPS) is 15.2. The molecule has 1 aliphatic rings. The number of hydrogen-bond donors (Lipinski definition) is 1. The van der Waals surface area contributed by atoms with Crippen molar-refractivity contribution in [2.24, 2.45) is 5.92 Å². The van der Waals surface area contributed by atoms with Gasteiger partial charge in [0.15, 0.2) is 11.5 Å². The quantitative estimate of drug-likeness (QED) is 0.760. The molecule has 0 spiro atoms. The fourth-order valence-corrected chi connectivity index (χ4v) is 3.66. The third kappa shape index (κ3) is 5.49. The first-order valence-electron chi connectivity index (χ1n) is 9.96. The summed E-state index contributed by atoms with van der Waals surface area (Å²) in [5.74, 6) is 1.67. The summed E-state index contributed by atoms with van der Waals surface area (Å²) in [5.41, 5.74) is 1.99. The van der Waals surface area contributed by atoms with Crippen LogP contribution in [-0.4, -0.2) is 51.2 Å². The molecule has 28 heavy (non-hydrogen) atoms. The van der Waals surface area contributed by atoms with Crippen LogP contribution in [0.4, 0.5) is 0 Å². The Kier molecular flexibility index (Phi) is 7.31. The molecule has 2 aromatic carbocycles. The minimum atomic E-state index is -0.0625. The average molecular weight is 383 g/mol. The number of benzene rings is 2. The lowest BCUT2D eigenvalue weighted by atomic mass is 9.96. The van der Waals surface area contributed by atoms with E-state index in [9.17, 15) is 4.79 Å². The van der Waals surface area contributed by atoms with Gasteiger partial charge in [-0.2, -0.15) is 0 Å². The lowest BCUT2D eigenvalue weighted by molar-refractivity contribution is 0.0936. The van der Waals surface area contributed by atoms with E-state index < -0.39 is 0 Å². The van der Waals surface area contributed by atoms with Crippen molar-refractivity contribution in [3.05, 3.63) is 59.7 Å². The Bertz CT molecular complexity index is 756. The number of nitrogens with zero attached hydrogens (tertiary/aromatic N) is 1. The van der Waals surface area contributed by atoms with Crippen LogP contribution in [0.1, 0.15) is 28.8 Å². The predicted molar refractivity (Wildman–Crippen MR) is 111 cm³/mol. The summed E-state index contributed by atoms with van der Waals surface area (Å²) in [5, 5.41) is 3.08. The Morgan fingerprint density at radius 3 is 2.43 bits per heavy atom. The summed E-state index contributed by atoms with van der Waals surface area (Å²) in [6.45, 7) is 4.03. The first-order valence-corrected chi connectivity index (χ1v) is 9.96. The summed E-state index contributed by atoms with van der Waals surface area (Å²) in [4.78, 5) is 15.0. The molecule has 2 aromatic rings.